The van der Waals surface area contributed by atoms with Crippen molar-refractivity contribution in [2.45, 2.75) is 5.16 Å². The van der Waals surface area contributed by atoms with Gasteiger partial charge in [0.25, 0.3) is 11.2 Å². The largest absolute Gasteiger partial charge is 0.454 e. The van der Waals surface area contributed by atoms with Gasteiger partial charge in [0.1, 0.15) is 11.5 Å². The fraction of sp³-hybridized carbons (Fsp3) is 0.0870. The van der Waals surface area contributed by atoms with E-state index in [9.17, 15) is 24.1 Å². The fourth-order valence-corrected chi connectivity index (χ4v) is 4.34. The minimum Gasteiger partial charge on any atom is -0.454 e. The molecule has 0 aliphatic carbocycles. The summed E-state index contributed by atoms with van der Waals surface area (Å²) in [6, 6.07) is 14.6. The van der Waals surface area contributed by atoms with Crippen molar-refractivity contribution in [2.75, 3.05) is 17.9 Å². The van der Waals surface area contributed by atoms with E-state index >= 15 is 0 Å². The number of para-hydroxylation sites is 1. The summed E-state index contributed by atoms with van der Waals surface area (Å²) in [5, 5.41) is 14.5. The van der Waals surface area contributed by atoms with E-state index in [0.29, 0.717) is 16.6 Å². The maximum Gasteiger partial charge on any atom is 0.296 e. The van der Waals surface area contributed by atoms with E-state index in [4.69, 9.17) is 9.47 Å². The van der Waals surface area contributed by atoms with Crippen LogP contribution in [0.5, 0.6) is 11.5 Å². The van der Waals surface area contributed by atoms with Crippen LogP contribution >= 0.6 is 11.8 Å². The number of halogens is 1. The molecule has 0 spiro atoms. The molecule has 10 nitrogen and oxygen atoms in total. The van der Waals surface area contributed by atoms with Gasteiger partial charge >= 0.3 is 0 Å². The van der Waals surface area contributed by atoms with Gasteiger partial charge in [-0.2, -0.15) is 0 Å². The predicted octanol–water partition coefficient (Wildman–Crippen LogP) is 3.89. The zero-order valence-corrected chi connectivity index (χ0v) is 18.6. The molecule has 5 rings (SSSR count). The van der Waals surface area contributed by atoms with E-state index in [2.05, 4.69) is 10.3 Å². The normalized spacial score (nSPS) is 12.0. The smallest absolute Gasteiger partial charge is 0.296 e. The summed E-state index contributed by atoms with van der Waals surface area (Å²) in [6.07, 6.45) is 0. The maximum atomic E-state index is 13.5. The van der Waals surface area contributed by atoms with Crippen LogP contribution in [0.3, 0.4) is 0 Å². The molecule has 176 valence electrons. The summed E-state index contributed by atoms with van der Waals surface area (Å²) in [7, 11) is 0. The van der Waals surface area contributed by atoms with Gasteiger partial charge in [0, 0.05) is 6.07 Å². The van der Waals surface area contributed by atoms with Crippen molar-refractivity contribution in [3.8, 4) is 17.2 Å². The van der Waals surface area contributed by atoms with Crippen molar-refractivity contribution in [2.24, 2.45) is 0 Å². The van der Waals surface area contributed by atoms with Crippen molar-refractivity contribution in [3.05, 3.63) is 86.9 Å². The number of benzene rings is 3. The number of thioether (sulfide) groups is 1. The first-order chi connectivity index (χ1) is 16.9. The molecule has 12 heteroatoms. The summed E-state index contributed by atoms with van der Waals surface area (Å²) in [5.74, 6) is -0.746. The lowest BCUT2D eigenvalue weighted by molar-refractivity contribution is -0.384. The lowest BCUT2D eigenvalue weighted by Crippen LogP contribution is -2.23. The Kier molecular flexibility index (Phi) is 5.79. The Morgan fingerprint density at radius 1 is 1.14 bits per heavy atom. The quantitative estimate of drug-likeness (QED) is 0.185. The van der Waals surface area contributed by atoms with E-state index in [1.165, 1.54) is 41.0 Å². The van der Waals surface area contributed by atoms with E-state index in [0.717, 1.165) is 11.8 Å². The second-order valence-electron chi connectivity index (χ2n) is 7.35. The Bertz CT molecular complexity index is 1540. The number of carbonyl (C=O) groups is 1. The van der Waals surface area contributed by atoms with Gasteiger partial charge in [-0.05, 0) is 36.4 Å². The highest BCUT2D eigenvalue weighted by Gasteiger charge is 2.25. The zero-order valence-electron chi connectivity index (χ0n) is 17.8. The average Bonchev–Trinajstić information content (AvgIpc) is 3.30. The Morgan fingerprint density at radius 2 is 1.86 bits per heavy atom. The number of nitrogens with one attached hydrogen (secondary N) is 1. The first-order valence-corrected chi connectivity index (χ1v) is 11.2. The average molecular weight is 494 g/mol. The first kappa shape index (κ1) is 22.3. The van der Waals surface area contributed by atoms with Gasteiger partial charge in [0.2, 0.25) is 12.7 Å². The Hall–Kier alpha value is -4.45. The van der Waals surface area contributed by atoms with Crippen molar-refractivity contribution in [1.29, 1.82) is 0 Å². The topological polar surface area (TPSA) is 126 Å². The van der Waals surface area contributed by atoms with E-state index in [1.54, 1.807) is 24.3 Å². The number of anilines is 1. The second kappa shape index (κ2) is 9.06. The summed E-state index contributed by atoms with van der Waals surface area (Å²) in [5.41, 5.74) is 0.0394. The maximum absolute atomic E-state index is 13.5. The van der Waals surface area contributed by atoms with Crippen molar-refractivity contribution in [1.82, 2.24) is 9.55 Å². The number of nitrogens with zero attached hydrogens (tertiary/aromatic N) is 3. The number of hydrogen-bond donors (Lipinski definition) is 1. The molecule has 35 heavy (non-hydrogen) atoms. The number of aromatic nitrogens is 2. The van der Waals surface area contributed by atoms with E-state index in [1.807, 2.05) is 0 Å². The molecule has 0 saturated heterocycles. The van der Waals surface area contributed by atoms with Crippen LogP contribution in [-0.2, 0) is 4.79 Å². The third-order valence-corrected chi connectivity index (χ3v) is 6.06. The molecule has 0 radical (unpaired) electrons. The van der Waals surface area contributed by atoms with Gasteiger partial charge in [-0.15, -0.1) is 0 Å². The van der Waals surface area contributed by atoms with Gasteiger partial charge < -0.3 is 14.8 Å². The molecule has 1 aliphatic heterocycles. The number of rotatable bonds is 6. The number of fused-ring (bicyclic) bond motifs is 2. The summed E-state index contributed by atoms with van der Waals surface area (Å²) < 4.78 is 25.2. The minimum atomic E-state index is -0.637. The number of nitro groups is 1. The summed E-state index contributed by atoms with van der Waals surface area (Å²) >= 11 is 0.962. The van der Waals surface area contributed by atoms with Crippen molar-refractivity contribution >= 4 is 39.9 Å². The molecule has 2 heterocycles. The molecule has 0 bridgehead atoms. The molecular formula is C23H15FN4O6S. The fourth-order valence-electron chi connectivity index (χ4n) is 3.53. The predicted molar refractivity (Wildman–Crippen MR) is 126 cm³/mol. The number of ether oxygens (including phenoxy) is 2. The van der Waals surface area contributed by atoms with Crippen LogP contribution in [0.2, 0.25) is 0 Å². The van der Waals surface area contributed by atoms with Crippen molar-refractivity contribution < 1.29 is 23.6 Å². The highest BCUT2D eigenvalue weighted by molar-refractivity contribution is 7.99. The first-order valence-electron chi connectivity index (χ1n) is 10.2. The lowest BCUT2D eigenvalue weighted by atomic mass is 10.2. The Morgan fingerprint density at radius 3 is 2.60 bits per heavy atom. The summed E-state index contributed by atoms with van der Waals surface area (Å²) in [6.45, 7) is -0.0751. The third kappa shape index (κ3) is 4.38. The van der Waals surface area contributed by atoms with Crippen LogP contribution in [0.25, 0.3) is 16.6 Å². The van der Waals surface area contributed by atoms with Crippen LogP contribution in [0.4, 0.5) is 15.8 Å². The second-order valence-corrected chi connectivity index (χ2v) is 8.29. The molecule has 0 unspecified atom stereocenters. The van der Waals surface area contributed by atoms with Gasteiger partial charge in [-0.25, -0.2) is 9.37 Å². The highest BCUT2D eigenvalue weighted by Crippen LogP contribution is 2.40. The number of amides is 1. The molecule has 0 atom stereocenters. The SMILES string of the molecule is O=C(CSc1nc2ccccc2c(=O)n1-c1ccc(F)cc1)Nc1cc2c(cc1[N+](=O)[O-])OCO2. The highest BCUT2D eigenvalue weighted by atomic mass is 32.2. The molecule has 3 aromatic carbocycles. The molecule has 1 N–H and O–H groups in total. The monoisotopic (exact) mass is 494 g/mol. The van der Waals surface area contributed by atoms with Gasteiger partial charge in [0.05, 0.1) is 33.3 Å². The molecule has 1 aliphatic rings. The van der Waals surface area contributed by atoms with Gasteiger partial charge in [0.15, 0.2) is 16.7 Å². The van der Waals surface area contributed by atoms with Gasteiger partial charge in [-0.3, -0.25) is 24.3 Å². The standard InChI is InChI=1S/C23H15FN4O6S/c24-13-5-7-14(8-6-13)27-22(30)15-3-1-2-4-16(15)26-23(27)35-11-21(29)25-17-9-19-20(34-12-33-19)10-18(17)28(31)32/h1-10H,11-12H2,(H,25,29). The van der Waals surface area contributed by atoms with Crippen LogP contribution in [-0.4, -0.2) is 32.9 Å². The van der Waals surface area contributed by atoms with Crippen molar-refractivity contribution in [3.63, 3.8) is 0 Å². The van der Waals surface area contributed by atoms with Crippen LogP contribution in [0, 0.1) is 15.9 Å². The van der Waals surface area contributed by atoms with Gasteiger partial charge in [-0.1, -0.05) is 23.9 Å². The third-order valence-electron chi connectivity index (χ3n) is 5.12. The van der Waals surface area contributed by atoms with Crippen LogP contribution < -0.4 is 20.3 Å². The van der Waals surface area contributed by atoms with E-state index in [-0.39, 0.29) is 46.1 Å². The molecule has 1 aromatic heterocycles. The molecule has 0 fully saturated rings. The molecule has 0 saturated carbocycles. The zero-order chi connectivity index (χ0) is 24.5. The minimum absolute atomic E-state index is 0.0488. The Balaban J connectivity index is 1.45. The molecule has 1 amide bonds. The Labute approximate surface area is 200 Å². The van der Waals surface area contributed by atoms with Crippen LogP contribution in [0.15, 0.2) is 70.6 Å². The number of carbonyl (C=O) groups excluding carboxylic acids is 1. The number of hydrogen-bond acceptors (Lipinski definition) is 8. The summed E-state index contributed by atoms with van der Waals surface area (Å²) in [4.78, 5) is 41.2. The van der Waals surface area contributed by atoms with Crippen LogP contribution in [0.1, 0.15) is 0 Å². The lowest BCUT2D eigenvalue weighted by Gasteiger charge is -2.13. The van der Waals surface area contributed by atoms with E-state index < -0.39 is 16.6 Å². The molecular weight excluding hydrogens is 479 g/mol. The number of nitro benzene ring substituents is 1. The molecule has 4 aromatic rings.